The molecular weight excluding hydrogens is 290 g/mol. The number of benzene rings is 2. The normalized spacial score (nSPS) is 12.7. The van der Waals surface area contributed by atoms with Crippen molar-refractivity contribution in [1.29, 1.82) is 0 Å². The van der Waals surface area contributed by atoms with Gasteiger partial charge in [0.25, 0.3) is 0 Å². The molecule has 2 rings (SSSR count). The molecule has 1 N–H and O–H groups in total. The minimum atomic E-state index is -0.156. The van der Waals surface area contributed by atoms with Gasteiger partial charge in [-0.2, -0.15) is 0 Å². The molecule has 0 fully saturated rings. The lowest BCUT2D eigenvalue weighted by Crippen LogP contribution is -2.36. The minimum absolute atomic E-state index is 0.0465. The first-order valence-electron chi connectivity index (χ1n) is 7.45. The highest BCUT2D eigenvalue weighted by molar-refractivity contribution is 8.00. The van der Waals surface area contributed by atoms with Crippen molar-refractivity contribution in [1.82, 2.24) is 0 Å². The smallest absolute Gasteiger partial charge is 0.238 e. The third-order valence-electron chi connectivity index (χ3n) is 3.34. The monoisotopic (exact) mass is 313 g/mol. The van der Waals surface area contributed by atoms with Gasteiger partial charge >= 0.3 is 0 Å². The Morgan fingerprint density at radius 2 is 1.59 bits per heavy atom. The van der Waals surface area contributed by atoms with Crippen molar-refractivity contribution in [3.05, 3.63) is 60.2 Å². The van der Waals surface area contributed by atoms with Crippen LogP contribution in [0.1, 0.15) is 26.3 Å². The van der Waals surface area contributed by atoms with E-state index in [1.165, 1.54) is 5.56 Å². The summed E-state index contributed by atoms with van der Waals surface area (Å²) in [6.07, 6.45) is 0. The van der Waals surface area contributed by atoms with Crippen molar-refractivity contribution in [3.8, 4) is 0 Å². The van der Waals surface area contributed by atoms with E-state index >= 15 is 0 Å². The molecule has 22 heavy (non-hydrogen) atoms. The van der Waals surface area contributed by atoms with Gasteiger partial charge < -0.3 is 5.32 Å². The summed E-state index contributed by atoms with van der Waals surface area (Å²) in [5.41, 5.74) is 1.90. The Labute approximate surface area is 137 Å². The molecule has 0 radical (unpaired) electrons. The highest BCUT2D eigenvalue weighted by Crippen LogP contribution is 2.36. The van der Waals surface area contributed by atoms with E-state index in [-0.39, 0.29) is 16.6 Å². The lowest BCUT2D eigenvalue weighted by atomic mass is 9.91. The highest BCUT2D eigenvalue weighted by atomic mass is 32.2. The van der Waals surface area contributed by atoms with Gasteiger partial charge in [-0.25, -0.2) is 0 Å². The second kappa shape index (κ2) is 7.01. The van der Waals surface area contributed by atoms with E-state index < -0.39 is 0 Å². The van der Waals surface area contributed by atoms with E-state index in [0.717, 1.165) is 10.6 Å². The van der Waals surface area contributed by atoms with Gasteiger partial charge in [0.15, 0.2) is 0 Å². The molecular formula is C19H23NOS. The highest BCUT2D eigenvalue weighted by Gasteiger charge is 2.32. The molecule has 0 aliphatic carbocycles. The van der Waals surface area contributed by atoms with Gasteiger partial charge in [0.1, 0.15) is 0 Å². The molecule has 116 valence electrons. The summed E-state index contributed by atoms with van der Waals surface area (Å²) in [6.45, 7) is 8.34. The van der Waals surface area contributed by atoms with E-state index in [4.69, 9.17) is 0 Å². The number of aryl methyl sites for hydroxylation is 1. The fourth-order valence-corrected chi connectivity index (χ4v) is 3.21. The van der Waals surface area contributed by atoms with Crippen LogP contribution >= 0.6 is 11.8 Å². The van der Waals surface area contributed by atoms with Crippen LogP contribution < -0.4 is 5.32 Å². The molecule has 0 saturated carbocycles. The Balaban J connectivity index is 2.15. The third-order valence-corrected chi connectivity index (χ3v) is 5.04. The summed E-state index contributed by atoms with van der Waals surface area (Å²) in [7, 11) is 0. The van der Waals surface area contributed by atoms with Gasteiger partial charge in [-0.3, -0.25) is 4.79 Å². The fraction of sp³-hybridized carbons (Fsp3) is 0.316. The predicted molar refractivity (Wildman–Crippen MR) is 95.4 cm³/mol. The van der Waals surface area contributed by atoms with Crippen molar-refractivity contribution in [3.63, 3.8) is 0 Å². The quantitative estimate of drug-likeness (QED) is 0.792. The Hall–Kier alpha value is -1.74. The second-order valence-electron chi connectivity index (χ2n) is 6.53. The maximum Gasteiger partial charge on any atom is 0.238 e. The van der Waals surface area contributed by atoms with Crippen LogP contribution in [-0.4, -0.2) is 11.2 Å². The van der Waals surface area contributed by atoms with Crippen molar-refractivity contribution < 1.29 is 4.79 Å². The molecule has 0 aliphatic rings. The van der Waals surface area contributed by atoms with Gasteiger partial charge in [-0.15, -0.1) is 11.8 Å². The Morgan fingerprint density at radius 1 is 1.00 bits per heavy atom. The Morgan fingerprint density at radius 3 is 2.14 bits per heavy atom. The third kappa shape index (κ3) is 4.63. The van der Waals surface area contributed by atoms with E-state index in [1.54, 1.807) is 11.8 Å². The molecule has 0 saturated heterocycles. The minimum Gasteiger partial charge on any atom is -0.325 e. The summed E-state index contributed by atoms with van der Waals surface area (Å²) in [5, 5.41) is 2.88. The summed E-state index contributed by atoms with van der Waals surface area (Å²) < 4.78 is 0. The van der Waals surface area contributed by atoms with Gasteiger partial charge in [-0.05, 0) is 36.6 Å². The summed E-state index contributed by atoms with van der Waals surface area (Å²) >= 11 is 1.61. The number of anilines is 1. The number of amides is 1. The molecule has 1 atom stereocenters. The van der Waals surface area contributed by atoms with Crippen LogP contribution in [0.2, 0.25) is 0 Å². The van der Waals surface area contributed by atoms with Crippen molar-refractivity contribution in [2.75, 3.05) is 5.32 Å². The van der Waals surface area contributed by atoms with Crippen molar-refractivity contribution in [2.24, 2.45) is 5.41 Å². The second-order valence-corrected chi connectivity index (χ2v) is 7.71. The topological polar surface area (TPSA) is 29.1 Å². The molecule has 1 unspecified atom stereocenters. The zero-order chi connectivity index (χ0) is 16.2. The summed E-state index contributed by atoms with van der Waals surface area (Å²) in [5.74, 6) is 0.0465. The first kappa shape index (κ1) is 16.6. The molecule has 2 nitrogen and oxygen atoms in total. The molecule has 0 heterocycles. The predicted octanol–water partition coefficient (Wildman–Crippen LogP) is 5.14. The first-order chi connectivity index (χ1) is 10.4. The van der Waals surface area contributed by atoms with Crippen LogP contribution in [0.5, 0.6) is 0 Å². The molecule has 3 heteroatoms. The zero-order valence-corrected chi connectivity index (χ0v) is 14.4. The maximum absolute atomic E-state index is 12.7. The fourth-order valence-electron chi connectivity index (χ4n) is 2.10. The van der Waals surface area contributed by atoms with Crippen molar-refractivity contribution >= 4 is 23.4 Å². The van der Waals surface area contributed by atoms with Crippen LogP contribution in [0.25, 0.3) is 0 Å². The number of nitrogens with one attached hydrogen (secondary N) is 1. The SMILES string of the molecule is Cc1ccc(NC(=O)C(Sc2ccccc2)C(C)(C)C)cc1. The maximum atomic E-state index is 12.7. The van der Waals surface area contributed by atoms with E-state index in [9.17, 15) is 4.79 Å². The van der Waals surface area contributed by atoms with Gasteiger partial charge in [0, 0.05) is 10.6 Å². The average molecular weight is 313 g/mol. The standard InChI is InChI=1S/C19H23NOS/c1-14-10-12-15(13-11-14)20-18(21)17(19(2,3)4)22-16-8-6-5-7-9-16/h5-13,17H,1-4H3,(H,20,21). The van der Waals surface area contributed by atoms with Gasteiger partial charge in [-0.1, -0.05) is 56.7 Å². The summed E-state index contributed by atoms with van der Waals surface area (Å²) in [6, 6.07) is 18.0. The van der Waals surface area contributed by atoms with E-state index in [2.05, 4.69) is 26.1 Å². The first-order valence-corrected chi connectivity index (χ1v) is 8.33. The molecule has 2 aromatic carbocycles. The molecule has 2 aromatic rings. The number of hydrogen-bond acceptors (Lipinski definition) is 2. The number of hydrogen-bond donors (Lipinski definition) is 1. The van der Waals surface area contributed by atoms with Crippen LogP contribution in [0.4, 0.5) is 5.69 Å². The van der Waals surface area contributed by atoms with Gasteiger partial charge in [0.2, 0.25) is 5.91 Å². The van der Waals surface area contributed by atoms with Crippen LogP contribution in [0.15, 0.2) is 59.5 Å². The lowest BCUT2D eigenvalue weighted by molar-refractivity contribution is -0.117. The van der Waals surface area contributed by atoms with Crippen LogP contribution in [0.3, 0.4) is 0 Å². The largest absolute Gasteiger partial charge is 0.325 e. The molecule has 0 bridgehead atoms. The van der Waals surface area contributed by atoms with E-state index in [0.29, 0.717) is 0 Å². The molecule has 0 aromatic heterocycles. The Bertz CT molecular complexity index is 614. The zero-order valence-electron chi connectivity index (χ0n) is 13.6. The van der Waals surface area contributed by atoms with Gasteiger partial charge in [0.05, 0.1) is 5.25 Å². The molecule has 1 amide bonds. The number of rotatable bonds is 4. The molecule has 0 spiro atoms. The van der Waals surface area contributed by atoms with E-state index in [1.807, 2.05) is 61.5 Å². The average Bonchev–Trinajstić information content (AvgIpc) is 2.47. The number of carbonyl (C=O) groups excluding carboxylic acids is 1. The van der Waals surface area contributed by atoms with Crippen molar-refractivity contribution in [2.45, 2.75) is 37.8 Å². The molecule has 0 aliphatic heterocycles. The lowest BCUT2D eigenvalue weighted by Gasteiger charge is -2.29. The van der Waals surface area contributed by atoms with Crippen LogP contribution in [-0.2, 0) is 4.79 Å². The Kier molecular flexibility index (Phi) is 5.30. The number of carbonyl (C=O) groups is 1. The van der Waals surface area contributed by atoms with Crippen LogP contribution in [0, 0.1) is 12.3 Å². The number of thioether (sulfide) groups is 1. The summed E-state index contributed by atoms with van der Waals surface area (Å²) in [4.78, 5) is 13.8.